The highest BCUT2D eigenvalue weighted by atomic mass is 19.2. The quantitative estimate of drug-likeness (QED) is 0.588. The van der Waals surface area contributed by atoms with Crippen molar-refractivity contribution in [2.24, 2.45) is 0 Å². The second-order valence-electron chi connectivity index (χ2n) is 3.10. The first-order valence-corrected chi connectivity index (χ1v) is 4.64. The molecular formula is C10H12F3NO. The van der Waals surface area contributed by atoms with Crippen LogP contribution in [0.1, 0.15) is 12.8 Å². The van der Waals surface area contributed by atoms with E-state index < -0.39 is 17.5 Å². The highest BCUT2D eigenvalue weighted by molar-refractivity contribution is 5.45. The van der Waals surface area contributed by atoms with Crippen molar-refractivity contribution in [1.82, 2.24) is 0 Å². The Balaban J connectivity index is 2.57. The lowest BCUT2D eigenvalue weighted by molar-refractivity contribution is 0.286. The van der Waals surface area contributed by atoms with E-state index in [-0.39, 0.29) is 12.3 Å². The molecule has 0 amide bonds. The van der Waals surface area contributed by atoms with Crippen molar-refractivity contribution in [2.75, 3.05) is 18.5 Å². The Bertz CT molecular complexity index is 331. The number of rotatable bonds is 5. The first kappa shape index (κ1) is 11.8. The second-order valence-corrected chi connectivity index (χ2v) is 3.10. The molecule has 0 aromatic heterocycles. The Morgan fingerprint density at radius 2 is 1.67 bits per heavy atom. The molecule has 0 unspecified atom stereocenters. The lowest BCUT2D eigenvalue weighted by Crippen LogP contribution is -2.05. The van der Waals surface area contributed by atoms with E-state index >= 15 is 0 Å². The third-order valence-corrected chi connectivity index (χ3v) is 1.91. The molecular weight excluding hydrogens is 207 g/mol. The zero-order valence-corrected chi connectivity index (χ0v) is 8.06. The summed E-state index contributed by atoms with van der Waals surface area (Å²) < 4.78 is 38.3. The normalized spacial score (nSPS) is 10.4. The molecule has 0 saturated carbocycles. The first-order chi connectivity index (χ1) is 7.15. The van der Waals surface area contributed by atoms with Crippen LogP contribution in [0.25, 0.3) is 0 Å². The summed E-state index contributed by atoms with van der Waals surface area (Å²) in [6.07, 6.45) is 1.22. The largest absolute Gasteiger partial charge is 0.396 e. The molecule has 1 aromatic rings. The molecule has 0 atom stereocenters. The first-order valence-electron chi connectivity index (χ1n) is 4.64. The van der Waals surface area contributed by atoms with Crippen LogP contribution in [0.15, 0.2) is 12.1 Å². The third kappa shape index (κ3) is 3.43. The third-order valence-electron chi connectivity index (χ3n) is 1.91. The predicted octanol–water partition coefficient (Wildman–Crippen LogP) is 2.29. The summed E-state index contributed by atoms with van der Waals surface area (Å²) in [7, 11) is 0. The van der Waals surface area contributed by atoms with Crippen molar-refractivity contribution in [3.05, 3.63) is 29.6 Å². The van der Waals surface area contributed by atoms with Crippen LogP contribution in [0.4, 0.5) is 18.9 Å². The van der Waals surface area contributed by atoms with Crippen LogP contribution in [0.5, 0.6) is 0 Å². The van der Waals surface area contributed by atoms with Crippen LogP contribution in [0.3, 0.4) is 0 Å². The van der Waals surface area contributed by atoms with Crippen LogP contribution in [-0.4, -0.2) is 18.3 Å². The lowest BCUT2D eigenvalue weighted by atomic mass is 10.2. The maximum absolute atomic E-state index is 13.0. The average molecular weight is 219 g/mol. The Hall–Kier alpha value is -1.23. The van der Waals surface area contributed by atoms with Gasteiger partial charge in [0.25, 0.3) is 0 Å². The topological polar surface area (TPSA) is 32.3 Å². The van der Waals surface area contributed by atoms with E-state index in [1.54, 1.807) is 0 Å². The molecule has 0 aliphatic heterocycles. The second kappa shape index (κ2) is 5.60. The number of unbranched alkanes of at least 4 members (excludes halogenated alkanes) is 1. The molecule has 0 radical (unpaired) electrons. The molecule has 0 aliphatic rings. The molecule has 0 fully saturated rings. The summed E-state index contributed by atoms with van der Waals surface area (Å²) in [6.45, 7) is 0.463. The number of nitrogens with one attached hydrogen (secondary N) is 1. The van der Waals surface area contributed by atoms with E-state index in [4.69, 9.17) is 5.11 Å². The number of hydrogen-bond acceptors (Lipinski definition) is 2. The van der Waals surface area contributed by atoms with Gasteiger partial charge < -0.3 is 10.4 Å². The number of halogens is 3. The van der Waals surface area contributed by atoms with Gasteiger partial charge in [-0.3, -0.25) is 0 Å². The van der Waals surface area contributed by atoms with Crippen molar-refractivity contribution < 1.29 is 18.3 Å². The Labute approximate surface area is 85.7 Å². The van der Waals surface area contributed by atoms with Crippen molar-refractivity contribution >= 4 is 5.69 Å². The van der Waals surface area contributed by atoms with Crippen molar-refractivity contribution in [2.45, 2.75) is 12.8 Å². The maximum atomic E-state index is 13.0. The fourth-order valence-corrected chi connectivity index (χ4v) is 1.12. The Morgan fingerprint density at radius 1 is 1.00 bits per heavy atom. The Kier molecular flexibility index (Phi) is 4.42. The minimum absolute atomic E-state index is 0.0575. The molecule has 1 aromatic carbocycles. The molecule has 2 nitrogen and oxygen atoms in total. The van der Waals surface area contributed by atoms with E-state index in [0.717, 1.165) is 6.07 Å². The van der Waals surface area contributed by atoms with Gasteiger partial charge in [0.1, 0.15) is 5.82 Å². The zero-order valence-electron chi connectivity index (χ0n) is 8.06. The molecule has 0 heterocycles. The van der Waals surface area contributed by atoms with Crippen LogP contribution < -0.4 is 5.32 Å². The fourth-order valence-electron chi connectivity index (χ4n) is 1.12. The van der Waals surface area contributed by atoms with Gasteiger partial charge >= 0.3 is 0 Å². The van der Waals surface area contributed by atoms with Crippen molar-refractivity contribution in [1.29, 1.82) is 0 Å². The van der Waals surface area contributed by atoms with Crippen LogP contribution >= 0.6 is 0 Å². The van der Waals surface area contributed by atoms with Gasteiger partial charge in [0.2, 0.25) is 0 Å². The lowest BCUT2D eigenvalue weighted by Gasteiger charge is -2.07. The summed E-state index contributed by atoms with van der Waals surface area (Å²) in [5.74, 6) is -3.10. The van der Waals surface area contributed by atoms with Crippen molar-refractivity contribution in [3.63, 3.8) is 0 Å². The number of aliphatic hydroxyl groups excluding tert-OH is 1. The minimum atomic E-state index is -1.20. The summed E-state index contributed by atoms with van der Waals surface area (Å²) in [4.78, 5) is 0. The van der Waals surface area contributed by atoms with Gasteiger partial charge in [0.15, 0.2) is 11.6 Å². The SMILES string of the molecule is OCCCCNc1cc(F)c(F)cc1F. The van der Waals surface area contributed by atoms with Gasteiger partial charge in [-0.2, -0.15) is 0 Å². The number of benzene rings is 1. The van der Waals surface area contributed by atoms with Gasteiger partial charge in [0, 0.05) is 25.3 Å². The van der Waals surface area contributed by atoms with Crippen LogP contribution in [0.2, 0.25) is 0 Å². The van der Waals surface area contributed by atoms with Gasteiger partial charge in [-0.25, -0.2) is 13.2 Å². The maximum Gasteiger partial charge on any atom is 0.161 e. The number of anilines is 1. The molecule has 15 heavy (non-hydrogen) atoms. The summed E-state index contributed by atoms with van der Waals surface area (Å²) in [5.41, 5.74) is -0.0631. The molecule has 0 saturated heterocycles. The molecule has 2 N–H and O–H groups in total. The Morgan fingerprint density at radius 3 is 2.33 bits per heavy atom. The molecule has 5 heteroatoms. The number of aliphatic hydroxyl groups is 1. The average Bonchev–Trinajstić information content (AvgIpc) is 2.20. The summed E-state index contributed by atoms with van der Waals surface area (Å²) in [5, 5.41) is 11.1. The van der Waals surface area contributed by atoms with Gasteiger partial charge in [-0.05, 0) is 12.8 Å². The smallest absolute Gasteiger partial charge is 0.161 e. The minimum Gasteiger partial charge on any atom is -0.396 e. The van der Waals surface area contributed by atoms with Crippen LogP contribution in [-0.2, 0) is 0 Å². The number of hydrogen-bond donors (Lipinski definition) is 2. The monoisotopic (exact) mass is 219 g/mol. The molecule has 0 aliphatic carbocycles. The van der Waals surface area contributed by atoms with Gasteiger partial charge in [-0.15, -0.1) is 0 Å². The van der Waals surface area contributed by atoms with Crippen LogP contribution in [0, 0.1) is 17.5 Å². The van der Waals surface area contributed by atoms with Gasteiger partial charge in [0.05, 0.1) is 5.69 Å². The predicted molar refractivity (Wildman–Crippen MR) is 51.1 cm³/mol. The zero-order chi connectivity index (χ0) is 11.3. The summed E-state index contributed by atoms with van der Waals surface area (Å²) >= 11 is 0. The molecule has 84 valence electrons. The highest BCUT2D eigenvalue weighted by Crippen LogP contribution is 2.18. The van der Waals surface area contributed by atoms with E-state index in [1.807, 2.05) is 0 Å². The molecule has 1 rings (SSSR count). The fraction of sp³-hybridized carbons (Fsp3) is 0.400. The molecule has 0 bridgehead atoms. The standard InChI is InChI=1S/C10H12F3NO/c11-7-5-9(13)10(6-8(7)12)14-3-1-2-4-15/h5-6,14-15H,1-4H2. The van der Waals surface area contributed by atoms with E-state index in [0.29, 0.717) is 25.5 Å². The van der Waals surface area contributed by atoms with E-state index in [2.05, 4.69) is 5.32 Å². The molecule has 0 spiro atoms. The van der Waals surface area contributed by atoms with Crippen molar-refractivity contribution in [3.8, 4) is 0 Å². The summed E-state index contributed by atoms with van der Waals surface area (Å²) in [6, 6.07) is 1.29. The van der Waals surface area contributed by atoms with Gasteiger partial charge in [-0.1, -0.05) is 0 Å². The van der Waals surface area contributed by atoms with E-state index in [9.17, 15) is 13.2 Å². The highest BCUT2D eigenvalue weighted by Gasteiger charge is 2.08. The van der Waals surface area contributed by atoms with E-state index in [1.165, 1.54) is 0 Å².